The Morgan fingerprint density at radius 1 is 1.35 bits per heavy atom. The van der Waals surface area contributed by atoms with Crippen molar-refractivity contribution in [1.82, 2.24) is 10.3 Å². The molecule has 2 N–H and O–H groups in total. The summed E-state index contributed by atoms with van der Waals surface area (Å²) in [7, 11) is 0. The predicted molar refractivity (Wildman–Crippen MR) is 94.6 cm³/mol. The van der Waals surface area contributed by atoms with E-state index in [0.717, 1.165) is 30.5 Å². The molecule has 4 heteroatoms. The topological polar surface area (TPSA) is 54.1 Å². The highest BCUT2D eigenvalue weighted by Gasteiger charge is 2.23. The Bertz CT molecular complexity index is 655. The standard InChI is InChI=1S/C17H22N2O2.C2H6/c1-3-12-9-15-13(7-11(12)2)8-14(19-15)10-18-17(20)16-5-4-6-21-16;1-2/h7-9,16,19H,3-6,10H2,1-2H3,(H,18,20);1-2H3. The quantitative estimate of drug-likeness (QED) is 0.900. The molecule has 0 radical (unpaired) electrons. The number of ether oxygens (including phenoxy) is 1. The molecule has 1 aliphatic rings. The molecule has 0 spiro atoms. The van der Waals surface area contributed by atoms with Crippen molar-refractivity contribution < 1.29 is 9.53 Å². The van der Waals surface area contributed by atoms with E-state index in [4.69, 9.17) is 4.74 Å². The Morgan fingerprint density at radius 3 is 2.78 bits per heavy atom. The predicted octanol–water partition coefficient (Wildman–Crippen LogP) is 3.86. The summed E-state index contributed by atoms with van der Waals surface area (Å²) in [6.07, 6.45) is 2.58. The molecule has 1 fully saturated rings. The van der Waals surface area contributed by atoms with Crippen molar-refractivity contribution in [3.63, 3.8) is 0 Å². The minimum atomic E-state index is -0.261. The number of amides is 1. The number of H-pyrrole nitrogens is 1. The van der Waals surface area contributed by atoms with Crippen LogP contribution in [0, 0.1) is 6.92 Å². The van der Waals surface area contributed by atoms with Crippen LogP contribution in [0.3, 0.4) is 0 Å². The van der Waals surface area contributed by atoms with Gasteiger partial charge in [0.25, 0.3) is 0 Å². The number of hydrogen-bond acceptors (Lipinski definition) is 2. The summed E-state index contributed by atoms with van der Waals surface area (Å²) in [4.78, 5) is 15.3. The second-order valence-corrected chi connectivity index (χ2v) is 5.73. The van der Waals surface area contributed by atoms with Gasteiger partial charge < -0.3 is 15.0 Å². The molecular weight excluding hydrogens is 288 g/mol. The molecule has 2 aromatic rings. The lowest BCUT2D eigenvalue weighted by Gasteiger charge is -2.09. The van der Waals surface area contributed by atoms with Crippen LogP contribution in [0.4, 0.5) is 0 Å². The largest absolute Gasteiger partial charge is 0.368 e. The van der Waals surface area contributed by atoms with Crippen molar-refractivity contribution in [2.24, 2.45) is 0 Å². The first kappa shape index (κ1) is 17.5. The van der Waals surface area contributed by atoms with Gasteiger partial charge in [0.1, 0.15) is 6.10 Å². The molecule has 0 aliphatic carbocycles. The molecule has 1 aromatic carbocycles. The summed E-state index contributed by atoms with van der Waals surface area (Å²) >= 11 is 0. The molecular formula is C19H28N2O2. The first-order chi connectivity index (χ1) is 11.2. The molecule has 4 nitrogen and oxygen atoms in total. The van der Waals surface area contributed by atoms with E-state index in [-0.39, 0.29) is 12.0 Å². The average Bonchev–Trinajstić information content (AvgIpc) is 3.22. The van der Waals surface area contributed by atoms with Crippen molar-refractivity contribution >= 4 is 16.8 Å². The normalized spacial score (nSPS) is 17.0. The van der Waals surface area contributed by atoms with E-state index in [1.165, 1.54) is 16.5 Å². The number of aromatic amines is 1. The van der Waals surface area contributed by atoms with Gasteiger partial charge in [0.2, 0.25) is 5.91 Å². The van der Waals surface area contributed by atoms with Crippen molar-refractivity contribution in [3.8, 4) is 0 Å². The van der Waals surface area contributed by atoms with E-state index in [1.807, 2.05) is 13.8 Å². The van der Waals surface area contributed by atoms with E-state index in [9.17, 15) is 4.79 Å². The molecule has 0 saturated carbocycles. The highest BCUT2D eigenvalue weighted by atomic mass is 16.5. The van der Waals surface area contributed by atoms with Crippen molar-refractivity contribution in [1.29, 1.82) is 0 Å². The molecule has 3 rings (SSSR count). The fourth-order valence-corrected chi connectivity index (χ4v) is 2.96. The molecule has 1 unspecified atom stereocenters. The summed E-state index contributed by atoms with van der Waals surface area (Å²) in [6, 6.07) is 6.52. The molecule has 23 heavy (non-hydrogen) atoms. The summed E-state index contributed by atoms with van der Waals surface area (Å²) in [6.45, 7) is 9.53. The highest BCUT2D eigenvalue weighted by molar-refractivity contribution is 5.83. The second-order valence-electron chi connectivity index (χ2n) is 5.73. The number of carbonyl (C=O) groups is 1. The fourth-order valence-electron chi connectivity index (χ4n) is 2.96. The van der Waals surface area contributed by atoms with Gasteiger partial charge in [-0.25, -0.2) is 0 Å². The smallest absolute Gasteiger partial charge is 0.249 e. The van der Waals surface area contributed by atoms with Gasteiger partial charge in [-0.1, -0.05) is 20.8 Å². The van der Waals surface area contributed by atoms with Crippen LogP contribution in [0.15, 0.2) is 18.2 Å². The third-order valence-corrected chi connectivity index (χ3v) is 4.19. The lowest BCUT2D eigenvalue weighted by Crippen LogP contribution is -2.33. The number of hydrogen-bond donors (Lipinski definition) is 2. The van der Waals surface area contributed by atoms with Gasteiger partial charge >= 0.3 is 0 Å². The number of nitrogens with one attached hydrogen (secondary N) is 2. The Morgan fingerprint density at radius 2 is 2.13 bits per heavy atom. The van der Waals surface area contributed by atoms with Gasteiger partial charge in [-0.05, 0) is 60.9 Å². The fraction of sp³-hybridized carbons (Fsp3) is 0.526. The number of aromatic nitrogens is 1. The molecule has 1 atom stereocenters. The lowest BCUT2D eigenvalue weighted by molar-refractivity contribution is -0.130. The van der Waals surface area contributed by atoms with Gasteiger partial charge in [0.15, 0.2) is 0 Å². The maximum absolute atomic E-state index is 11.9. The Balaban J connectivity index is 0.000000924. The molecule has 1 aliphatic heterocycles. The lowest BCUT2D eigenvalue weighted by atomic mass is 10.0. The van der Waals surface area contributed by atoms with E-state index < -0.39 is 0 Å². The van der Waals surface area contributed by atoms with Crippen LogP contribution >= 0.6 is 0 Å². The van der Waals surface area contributed by atoms with Crippen molar-refractivity contribution in [2.45, 2.75) is 59.6 Å². The Kier molecular flexibility index (Phi) is 6.22. The zero-order chi connectivity index (χ0) is 16.8. The van der Waals surface area contributed by atoms with Crippen LogP contribution in [0.5, 0.6) is 0 Å². The minimum absolute atomic E-state index is 0.00316. The van der Waals surface area contributed by atoms with E-state index in [2.05, 4.69) is 42.3 Å². The second kappa shape index (κ2) is 8.16. The Hall–Kier alpha value is -1.81. The van der Waals surface area contributed by atoms with Crippen LogP contribution in [0.1, 0.15) is 50.4 Å². The third kappa shape index (κ3) is 4.14. The molecule has 1 saturated heterocycles. The number of fused-ring (bicyclic) bond motifs is 1. The van der Waals surface area contributed by atoms with Crippen LogP contribution < -0.4 is 5.32 Å². The van der Waals surface area contributed by atoms with Crippen molar-refractivity contribution in [2.75, 3.05) is 6.61 Å². The van der Waals surface area contributed by atoms with Crippen LogP contribution in [-0.2, 0) is 22.5 Å². The van der Waals surface area contributed by atoms with Gasteiger partial charge in [0.05, 0.1) is 6.54 Å². The van der Waals surface area contributed by atoms with Gasteiger partial charge in [-0.2, -0.15) is 0 Å². The van der Waals surface area contributed by atoms with Crippen LogP contribution in [-0.4, -0.2) is 23.6 Å². The molecule has 1 aromatic heterocycles. The third-order valence-electron chi connectivity index (χ3n) is 4.19. The maximum Gasteiger partial charge on any atom is 0.249 e. The molecule has 0 bridgehead atoms. The molecule has 1 amide bonds. The summed E-state index contributed by atoms with van der Waals surface area (Å²) < 4.78 is 5.39. The maximum atomic E-state index is 11.9. The molecule has 126 valence electrons. The summed E-state index contributed by atoms with van der Waals surface area (Å²) in [5.41, 5.74) is 4.85. The molecule has 2 heterocycles. The van der Waals surface area contributed by atoms with Crippen LogP contribution in [0.25, 0.3) is 10.9 Å². The monoisotopic (exact) mass is 316 g/mol. The Labute approximate surface area is 138 Å². The van der Waals surface area contributed by atoms with Crippen molar-refractivity contribution in [3.05, 3.63) is 35.0 Å². The highest BCUT2D eigenvalue weighted by Crippen LogP contribution is 2.21. The van der Waals surface area contributed by atoms with E-state index in [0.29, 0.717) is 13.2 Å². The van der Waals surface area contributed by atoms with E-state index >= 15 is 0 Å². The summed E-state index contributed by atoms with van der Waals surface area (Å²) in [5, 5.41) is 4.15. The first-order valence-corrected chi connectivity index (χ1v) is 8.68. The number of benzene rings is 1. The van der Waals surface area contributed by atoms with Gasteiger partial charge in [0, 0.05) is 17.8 Å². The zero-order valence-electron chi connectivity index (χ0n) is 14.7. The SMILES string of the molecule is CC.CCc1cc2[nH]c(CNC(=O)C3CCCO3)cc2cc1C. The zero-order valence-corrected chi connectivity index (χ0v) is 14.7. The minimum Gasteiger partial charge on any atom is -0.368 e. The first-order valence-electron chi connectivity index (χ1n) is 8.68. The van der Waals surface area contributed by atoms with Gasteiger partial charge in [-0.3, -0.25) is 4.79 Å². The number of rotatable bonds is 4. The number of aryl methyl sites for hydroxylation is 2. The van der Waals surface area contributed by atoms with E-state index in [1.54, 1.807) is 0 Å². The number of carbonyl (C=O) groups excluding carboxylic acids is 1. The summed E-state index contributed by atoms with van der Waals surface area (Å²) in [5.74, 6) is -0.00316. The van der Waals surface area contributed by atoms with Crippen LogP contribution in [0.2, 0.25) is 0 Å². The average molecular weight is 316 g/mol. The van der Waals surface area contributed by atoms with Gasteiger partial charge in [-0.15, -0.1) is 0 Å².